The minimum atomic E-state index is 0.000266. The van der Waals surface area contributed by atoms with E-state index in [1.165, 1.54) is 30.6 Å². The van der Waals surface area contributed by atoms with E-state index in [1.54, 1.807) is 0 Å². The van der Waals surface area contributed by atoms with Crippen LogP contribution in [0.1, 0.15) is 46.5 Å². The Morgan fingerprint density at radius 3 is 2.77 bits per heavy atom. The predicted octanol–water partition coefficient (Wildman–Crippen LogP) is 3.61. The number of carbonyl (C=O) groups is 1. The molecule has 2 aromatic rings. The van der Waals surface area contributed by atoms with Gasteiger partial charge in [-0.25, -0.2) is 0 Å². The summed E-state index contributed by atoms with van der Waals surface area (Å²) in [6.45, 7) is 4.68. The maximum atomic E-state index is 12.2. The van der Waals surface area contributed by atoms with Gasteiger partial charge in [-0.2, -0.15) is 0 Å². The van der Waals surface area contributed by atoms with Crippen LogP contribution in [-0.2, 0) is 0 Å². The monoisotopic (exact) mass is 318 g/mol. The Morgan fingerprint density at radius 2 is 2.14 bits per heavy atom. The molecule has 1 aliphatic heterocycles. The molecular formula is C17H22N2O2S. The van der Waals surface area contributed by atoms with Gasteiger partial charge in [-0.1, -0.05) is 12.5 Å². The Hall–Kier alpha value is -1.59. The van der Waals surface area contributed by atoms with Gasteiger partial charge in [0.2, 0.25) is 0 Å². The van der Waals surface area contributed by atoms with Crippen molar-refractivity contribution in [3.63, 3.8) is 0 Å². The number of carbonyl (C=O) groups excluding carboxylic acids is 1. The summed E-state index contributed by atoms with van der Waals surface area (Å²) in [6.07, 6.45) is 3.73. The first kappa shape index (κ1) is 15.3. The van der Waals surface area contributed by atoms with Crippen LogP contribution in [0.5, 0.6) is 0 Å². The van der Waals surface area contributed by atoms with Crippen molar-refractivity contribution in [2.24, 2.45) is 0 Å². The fraction of sp³-hybridized carbons (Fsp3) is 0.471. The number of furan rings is 1. The van der Waals surface area contributed by atoms with Crippen molar-refractivity contribution in [3.05, 3.63) is 46.0 Å². The number of likely N-dealkylation sites (tertiary alicyclic amines) is 1. The van der Waals surface area contributed by atoms with Crippen molar-refractivity contribution in [1.82, 2.24) is 10.2 Å². The molecule has 0 saturated carbocycles. The minimum Gasteiger partial charge on any atom is -0.465 e. The lowest BCUT2D eigenvalue weighted by molar-refractivity contribution is 0.0917. The molecule has 0 radical (unpaired) electrons. The molecule has 0 aliphatic carbocycles. The largest absolute Gasteiger partial charge is 0.465 e. The third-order valence-corrected chi connectivity index (χ3v) is 4.99. The van der Waals surface area contributed by atoms with E-state index >= 15 is 0 Å². The zero-order valence-corrected chi connectivity index (χ0v) is 13.7. The van der Waals surface area contributed by atoms with E-state index in [4.69, 9.17) is 4.42 Å². The Kier molecular flexibility index (Phi) is 4.95. The number of hydrogen-bond acceptors (Lipinski definition) is 4. The van der Waals surface area contributed by atoms with Crippen LogP contribution >= 0.6 is 11.3 Å². The first-order valence-electron chi connectivity index (χ1n) is 7.86. The Bertz CT molecular complexity index is 600. The highest BCUT2D eigenvalue weighted by Crippen LogP contribution is 2.25. The van der Waals surface area contributed by atoms with Crippen LogP contribution in [0.15, 0.2) is 34.1 Å². The summed E-state index contributed by atoms with van der Waals surface area (Å²) in [5.41, 5.74) is 0. The summed E-state index contributed by atoms with van der Waals surface area (Å²) >= 11 is 1.47. The lowest BCUT2D eigenvalue weighted by Crippen LogP contribution is -2.40. The van der Waals surface area contributed by atoms with Crippen LogP contribution in [0.4, 0.5) is 0 Å². The number of nitrogens with zero attached hydrogens (tertiary/aromatic N) is 1. The molecule has 0 bridgehead atoms. The van der Waals surface area contributed by atoms with E-state index in [0.29, 0.717) is 6.54 Å². The van der Waals surface area contributed by atoms with Crippen LogP contribution < -0.4 is 5.32 Å². The van der Waals surface area contributed by atoms with Gasteiger partial charge in [-0.15, -0.1) is 11.3 Å². The fourth-order valence-corrected chi connectivity index (χ4v) is 3.60. The molecule has 1 amide bonds. The highest BCUT2D eigenvalue weighted by Gasteiger charge is 2.25. The van der Waals surface area contributed by atoms with Crippen molar-refractivity contribution in [2.45, 2.75) is 32.2 Å². The number of hydrogen-bond donors (Lipinski definition) is 1. The molecule has 22 heavy (non-hydrogen) atoms. The Labute approximate surface area is 135 Å². The normalized spacial score (nSPS) is 17.3. The highest BCUT2D eigenvalue weighted by atomic mass is 32.1. The molecule has 2 aromatic heterocycles. The van der Waals surface area contributed by atoms with Gasteiger partial charge in [0, 0.05) is 6.54 Å². The van der Waals surface area contributed by atoms with E-state index in [1.807, 2.05) is 36.6 Å². The average molecular weight is 318 g/mol. The predicted molar refractivity (Wildman–Crippen MR) is 88.3 cm³/mol. The van der Waals surface area contributed by atoms with Crippen LogP contribution in [0, 0.1) is 6.92 Å². The van der Waals surface area contributed by atoms with E-state index < -0.39 is 0 Å². The zero-order chi connectivity index (χ0) is 15.4. The quantitative estimate of drug-likeness (QED) is 0.916. The molecule has 118 valence electrons. The SMILES string of the molecule is Cc1ccc(C(CNC(=O)c2cccs2)N2CCCCC2)o1. The standard InChI is InChI=1S/C17H22N2O2S/c1-13-7-8-15(21-13)14(19-9-3-2-4-10-19)12-18-17(20)16-6-5-11-22-16/h5-8,11,14H,2-4,9-10,12H2,1H3,(H,18,20). The van der Waals surface area contributed by atoms with Gasteiger partial charge in [0.25, 0.3) is 5.91 Å². The summed E-state index contributed by atoms with van der Waals surface area (Å²) in [5.74, 6) is 1.87. The minimum absolute atomic E-state index is 0.000266. The van der Waals surface area contributed by atoms with Crippen LogP contribution in [0.25, 0.3) is 0 Å². The molecule has 1 fully saturated rings. The van der Waals surface area contributed by atoms with E-state index in [2.05, 4.69) is 10.2 Å². The van der Waals surface area contributed by atoms with Crippen LogP contribution in [0.2, 0.25) is 0 Å². The molecule has 1 saturated heterocycles. The first-order chi connectivity index (χ1) is 10.7. The number of thiophene rings is 1. The first-order valence-corrected chi connectivity index (χ1v) is 8.74. The van der Waals surface area contributed by atoms with Crippen molar-refractivity contribution >= 4 is 17.2 Å². The molecule has 4 nitrogen and oxygen atoms in total. The maximum absolute atomic E-state index is 12.2. The molecule has 1 aliphatic rings. The van der Waals surface area contributed by atoms with E-state index in [9.17, 15) is 4.79 Å². The molecule has 3 heterocycles. The molecule has 1 N–H and O–H groups in total. The van der Waals surface area contributed by atoms with Gasteiger partial charge < -0.3 is 9.73 Å². The van der Waals surface area contributed by atoms with Gasteiger partial charge >= 0.3 is 0 Å². The summed E-state index contributed by atoms with van der Waals surface area (Å²) in [4.78, 5) is 15.4. The second-order valence-electron chi connectivity index (χ2n) is 5.75. The molecule has 5 heteroatoms. The van der Waals surface area contributed by atoms with Crippen molar-refractivity contribution in [2.75, 3.05) is 19.6 Å². The number of nitrogens with one attached hydrogen (secondary N) is 1. The van der Waals surface area contributed by atoms with Gasteiger partial charge in [0.15, 0.2) is 0 Å². The summed E-state index contributed by atoms with van der Waals surface area (Å²) in [5, 5.41) is 4.98. The fourth-order valence-electron chi connectivity index (χ4n) is 2.96. The lowest BCUT2D eigenvalue weighted by Gasteiger charge is -2.33. The van der Waals surface area contributed by atoms with Crippen molar-refractivity contribution in [1.29, 1.82) is 0 Å². The topological polar surface area (TPSA) is 45.5 Å². The van der Waals surface area contributed by atoms with E-state index in [0.717, 1.165) is 29.5 Å². The molecule has 3 rings (SSSR count). The summed E-state index contributed by atoms with van der Waals surface area (Å²) in [7, 11) is 0. The molecule has 1 atom stereocenters. The second kappa shape index (κ2) is 7.11. The number of piperidine rings is 1. The zero-order valence-electron chi connectivity index (χ0n) is 12.9. The summed E-state index contributed by atoms with van der Waals surface area (Å²) in [6, 6.07) is 7.90. The molecule has 1 unspecified atom stereocenters. The van der Waals surface area contributed by atoms with Gasteiger partial charge in [-0.3, -0.25) is 9.69 Å². The molecule has 0 spiro atoms. The Morgan fingerprint density at radius 1 is 1.32 bits per heavy atom. The highest BCUT2D eigenvalue weighted by molar-refractivity contribution is 7.12. The van der Waals surface area contributed by atoms with Crippen molar-refractivity contribution in [3.8, 4) is 0 Å². The number of rotatable bonds is 5. The van der Waals surface area contributed by atoms with Crippen LogP contribution in [0.3, 0.4) is 0 Å². The van der Waals surface area contributed by atoms with Gasteiger partial charge in [0.1, 0.15) is 11.5 Å². The Balaban J connectivity index is 1.69. The number of aryl methyl sites for hydroxylation is 1. The van der Waals surface area contributed by atoms with Gasteiger partial charge in [0.05, 0.1) is 10.9 Å². The smallest absolute Gasteiger partial charge is 0.261 e. The average Bonchev–Trinajstić information content (AvgIpc) is 3.20. The second-order valence-corrected chi connectivity index (χ2v) is 6.70. The van der Waals surface area contributed by atoms with E-state index in [-0.39, 0.29) is 11.9 Å². The third kappa shape index (κ3) is 3.59. The third-order valence-electron chi connectivity index (χ3n) is 4.12. The summed E-state index contributed by atoms with van der Waals surface area (Å²) < 4.78 is 5.83. The van der Waals surface area contributed by atoms with Crippen molar-refractivity contribution < 1.29 is 9.21 Å². The lowest BCUT2D eigenvalue weighted by atomic mass is 10.1. The maximum Gasteiger partial charge on any atom is 0.261 e. The molecular weight excluding hydrogens is 296 g/mol. The van der Waals surface area contributed by atoms with Crippen LogP contribution in [-0.4, -0.2) is 30.4 Å². The number of amides is 1. The molecule has 0 aromatic carbocycles. The van der Waals surface area contributed by atoms with Gasteiger partial charge in [-0.05, 0) is 56.4 Å².